The van der Waals surface area contributed by atoms with Gasteiger partial charge >= 0.3 is 6.09 Å². The Morgan fingerprint density at radius 3 is 2.56 bits per heavy atom. The number of benzene rings is 1. The standard InChI is InChI=1S/C33H48N6O6/c1-19(2)28(38-32(43)45-33(5,6)7)30(42)39-15-9-11-25(39)26(40)17-22(10-8-14-36-31(34)35)29(41)37-23-12-13-24-20(3)16-21(4)44-27(24)18-23/h12-13,16,18-19,22,25,28H,4,8-11,14-15,17H2,1-3,5-7H3,(H,37,41)(H,38,43)(H4,34,35,36). The molecule has 0 aromatic heterocycles. The first-order valence-corrected chi connectivity index (χ1v) is 15.4. The van der Waals surface area contributed by atoms with Crippen LogP contribution in [0.15, 0.2) is 41.6 Å². The van der Waals surface area contributed by atoms with Gasteiger partial charge in [-0.1, -0.05) is 20.4 Å². The normalized spacial score (nSPS) is 17.4. The highest BCUT2D eigenvalue weighted by Crippen LogP contribution is 2.35. The number of carbonyl (C=O) groups excluding carboxylic acids is 4. The number of allylic oxidation sites excluding steroid dienone is 2. The van der Waals surface area contributed by atoms with Crippen LogP contribution in [-0.2, 0) is 19.1 Å². The van der Waals surface area contributed by atoms with Crippen molar-refractivity contribution < 1.29 is 28.7 Å². The molecule has 2 heterocycles. The number of Topliss-reactive ketones (excluding diaryl/α,β-unsaturated/α-hetero) is 1. The molecule has 1 aromatic rings. The molecule has 12 heteroatoms. The Hall–Kier alpha value is -4.35. The van der Waals surface area contributed by atoms with Gasteiger partial charge in [0.2, 0.25) is 11.8 Å². The number of fused-ring (bicyclic) bond motifs is 1. The fourth-order valence-electron chi connectivity index (χ4n) is 5.49. The number of rotatable bonds is 12. The Morgan fingerprint density at radius 2 is 1.91 bits per heavy atom. The number of ketones is 1. The van der Waals surface area contributed by atoms with E-state index < -0.39 is 29.7 Å². The van der Waals surface area contributed by atoms with E-state index in [1.165, 1.54) is 4.90 Å². The lowest BCUT2D eigenvalue weighted by molar-refractivity contribution is -0.140. The largest absolute Gasteiger partial charge is 0.457 e. The molecule has 3 unspecified atom stereocenters. The van der Waals surface area contributed by atoms with Gasteiger partial charge in [0, 0.05) is 42.7 Å². The van der Waals surface area contributed by atoms with E-state index in [-0.39, 0.29) is 35.9 Å². The average molecular weight is 625 g/mol. The van der Waals surface area contributed by atoms with Crippen LogP contribution in [0.3, 0.4) is 0 Å². The molecular formula is C33H48N6O6. The molecule has 0 aliphatic carbocycles. The van der Waals surface area contributed by atoms with Crippen LogP contribution in [0.1, 0.15) is 79.2 Å². The van der Waals surface area contributed by atoms with E-state index >= 15 is 0 Å². The van der Waals surface area contributed by atoms with E-state index in [1.807, 2.05) is 32.9 Å². The van der Waals surface area contributed by atoms with Crippen molar-refractivity contribution in [3.05, 3.63) is 42.2 Å². The molecule has 0 radical (unpaired) electrons. The summed E-state index contributed by atoms with van der Waals surface area (Å²) in [5, 5.41) is 5.61. The maximum Gasteiger partial charge on any atom is 0.408 e. The second-order valence-corrected chi connectivity index (χ2v) is 13.0. The summed E-state index contributed by atoms with van der Waals surface area (Å²) in [6.07, 6.45) is 3.00. The summed E-state index contributed by atoms with van der Waals surface area (Å²) >= 11 is 0. The number of alkyl carbamates (subject to hydrolysis) is 1. The van der Waals surface area contributed by atoms with Crippen molar-refractivity contribution >= 4 is 40.9 Å². The number of ether oxygens (including phenoxy) is 2. The minimum Gasteiger partial charge on any atom is -0.457 e. The lowest BCUT2D eigenvalue weighted by atomic mass is 9.92. The summed E-state index contributed by atoms with van der Waals surface area (Å²) in [7, 11) is 0. The highest BCUT2D eigenvalue weighted by molar-refractivity contribution is 5.98. The van der Waals surface area contributed by atoms with E-state index in [2.05, 4.69) is 22.2 Å². The van der Waals surface area contributed by atoms with Crippen LogP contribution in [-0.4, -0.2) is 65.3 Å². The number of aliphatic imine (C=N–C) groups is 1. The van der Waals surface area contributed by atoms with Crippen LogP contribution in [0.2, 0.25) is 0 Å². The van der Waals surface area contributed by atoms with Gasteiger partial charge in [0.05, 0.1) is 6.04 Å². The van der Waals surface area contributed by atoms with E-state index in [0.29, 0.717) is 56.0 Å². The molecule has 1 fully saturated rings. The van der Waals surface area contributed by atoms with Crippen molar-refractivity contribution in [2.75, 3.05) is 18.4 Å². The molecule has 2 aliphatic rings. The van der Waals surface area contributed by atoms with Gasteiger partial charge < -0.3 is 36.5 Å². The highest BCUT2D eigenvalue weighted by atomic mass is 16.6. The third-order valence-corrected chi connectivity index (χ3v) is 7.63. The fourth-order valence-corrected chi connectivity index (χ4v) is 5.49. The summed E-state index contributed by atoms with van der Waals surface area (Å²) in [5.74, 6) is -0.800. The van der Waals surface area contributed by atoms with Gasteiger partial charge in [0.1, 0.15) is 23.2 Å². The highest BCUT2D eigenvalue weighted by Gasteiger charge is 2.40. The number of nitrogens with two attached hydrogens (primary N) is 2. The van der Waals surface area contributed by atoms with Crippen LogP contribution in [0.4, 0.5) is 10.5 Å². The van der Waals surface area contributed by atoms with Gasteiger partial charge in [-0.25, -0.2) is 4.79 Å². The van der Waals surface area contributed by atoms with E-state index in [0.717, 1.165) is 11.1 Å². The lowest BCUT2D eigenvalue weighted by Crippen LogP contribution is -2.54. The van der Waals surface area contributed by atoms with Gasteiger partial charge in [-0.2, -0.15) is 0 Å². The Kier molecular flexibility index (Phi) is 11.8. The van der Waals surface area contributed by atoms with Crippen molar-refractivity contribution in [1.29, 1.82) is 0 Å². The van der Waals surface area contributed by atoms with Crippen LogP contribution < -0.4 is 26.8 Å². The predicted octanol–water partition coefficient (Wildman–Crippen LogP) is 4.10. The van der Waals surface area contributed by atoms with Gasteiger partial charge in [-0.3, -0.25) is 19.4 Å². The number of carbonyl (C=O) groups is 4. The molecule has 0 spiro atoms. The molecule has 246 valence electrons. The number of guanidine groups is 1. The maximum atomic E-state index is 13.7. The molecule has 1 aromatic carbocycles. The third kappa shape index (κ3) is 10.1. The topological polar surface area (TPSA) is 178 Å². The quantitative estimate of drug-likeness (QED) is 0.152. The first kappa shape index (κ1) is 35.1. The fraction of sp³-hybridized carbons (Fsp3) is 0.545. The number of nitrogens with zero attached hydrogens (tertiary/aromatic N) is 2. The molecule has 3 atom stereocenters. The van der Waals surface area contributed by atoms with Gasteiger partial charge in [-0.05, 0) is 83.1 Å². The number of likely N-dealkylation sites (tertiary alicyclic amines) is 1. The molecule has 6 N–H and O–H groups in total. The molecule has 0 saturated carbocycles. The number of hydrogen-bond donors (Lipinski definition) is 4. The van der Waals surface area contributed by atoms with Crippen molar-refractivity contribution in [1.82, 2.24) is 10.2 Å². The molecule has 2 aliphatic heterocycles. The Labute approximate surface area is 265 Å². The summed E-state index contributed by atoms with van der Waals surface area (Å²) in [5.41, 5.74) is 12.6. The van der Waals surface area contributed by atoms with Gasteiger partial charge in [0.25, 0.3) is 0 Å². The molecular weight excluding hydrogens is 576 g/mol. The van der Waals surface area contributed by atoms with E-state index in [4.69, 9.17) is 20.9 Å². The number of nitrogens with one attached hydrogen (secondary N) is 2. The van der Waals surface area contributed by atoms with Crippen molar-refractivity contribution in [2.45, 2.75) is 91.3 Å². The molecule has 3 amide bonds. The molecule has 3 rings (SSSR count). The predicted molar refractivity (Wildman–Crippen MR) is 174 cm³/mol. The Morgan fingerprint density at radius 1 is 1.20 bits per heavy atom. The van der Waals surface area contributed by atoms with E-state index in [1.54, 1.807) is 32.9 Å². The first-order chi connectivity index (χ1) is 21.1. The number of amides is 3. The van der Waals surface area contributed by atoms with Crippen LogP contribution in [0.5, 0.6) is 5.75 Å². The molecule has 0 bridgehead atoms. The minimum atomic E-state index is -0.868. The van der Waals surface area contributed by atoms with Crippen LogP contribution in [0.25, 0.3) is 5.57 Å². The molecule has 1 saturated heterocycles. The third-order valence-electron chi connectivity index (χ3n) is 7.63. The maximum absolute atomic E-state index is 13.7. The summed E-state index contributed by atoms with van der Waals surface area (Å²) in [6.45, 7) is 15.4. The summed E-state index contributed by atoms with van der Waals surface area (Å²) < 4.78 is 11.1. The van der Waals surface area contributed by atoms with Gasteiger partial charge in [-0.15, -0.1) is 0 Å². The van der Waals surface area contributed by atoms with Crippen molar-refractivity contribution in [2.24, 2.45) is 28.3 Å². The zero-order valence-electron chi connectivity index (χ0n) is 27.3. The average Bonchev–Trinajstić information content (AvgIpc) is 3.41. The minimum absolute atomic E-state index is 0.0492. The number of anilines is 1. The smallest absolute Gasteiger partial charge is 0.408 e. The van der Waals surface area contributed by atoms with Crippen LogP contribution >= 0.6 is 0 Å². The Bertz CT molecular complexity index is 1360. The first-order valence-electron chi connectivity index (χ1n) is 15.4. The zero-order chi connectivity index (χ0) is 33.5. The number of hydrogen-bond acceptors (Lipinski definition) is 7. The summed E-state index contributed by atoms with van der Waals surface area (Å²) in [4.78, 5) is 59.0. The lowest BCUT2D eigenvalue weighted by Gasteiger charge is -2.31. The van der Waals surface area contributed by atoms with E-state index in [9.17, 15) is 19.2 Å². The monoisotopic (exact) mass is 624 g/mol. The van der Waals surface area contributed by atoms with Crippen molar-refractivity contribution in [3.63, 3.8) is 0 Å². The zero-order valence-corrected chi connectivity index (χ0v) is 27.3. The van der Waals surface area contributed by atoms with Crippen LogP contribution in [0, 0.1) is 11.8 Å². The second-order valence-electron chi connectivity index (χ2n) is 13.0. The van der Waals surface area contributed by atoms with Crippen molar-refractivity contribution in [3.8, 4) is 5.75 Å². The molecule has 12 nitrogen and oxygen atoms in total. The SMILES string of the molecule is C=C1C=C(C)c2ccc(NC(=O)C(CCCN=C(N)N)CC(=O)C3CCCN3C(=O)C(NC(=O)OC(C)(C)C)C(C)C)cc2O1. The molecule has 45 heavy (non-hydrogen) atoms. The Balaban J connectivity index is 1.75. The summed E-state index contributed by atoms with van der Waals surface area (Å²) in [6, 6.07) is 3.80. The second kappa shape index (κ2) is 15.1. The van der Waals surface area contributed by atoms with Gasteiger partial charge in [0.15, 0.2) is 11.7 Å².